The Morgan fingerprint density at radius 2 is 1.90 bits per heavy atom. The van der Waals surface area contributed by atoms with Gasteiger partial charge in [0, 0.05) is 49.0 Å². The zero-order valence-electron chi connectivity index (χ0n) is 17.0. The number of amides is 1. The van der Waals surface area contributed by atoms with Crippen LogP contribution in [0.5, 0.6) is 5.75 Å². The highest BCUT2D eigenvalue weighted by Gasteiger charge is 2.24. The van der Waals surface area contributed by atoms with E-state index >= 15 is 0 Å². The Morgan fingerprint density at radius 3 is 2.55 bits per heavy atom. The average Bonchev–Trinajstić information content (AvgIpc) is 3.09. The zero-order chi connectivity index (χ0) is 21.2. The van der Waals surface area contributed by atoms with E-state index in [1.54, 1.807) is 6.07 Å². The van der Waals surface area contributed by atoms with Crippen molar-refractivity contribution in [2.24, 2.45) is 0 Å². The predicted molar refractivity (Wildman–Crippen MR) is 114 cm³/mol. The minimum absolute atomic E-state index is 0.0512. The van der Waals surface area contributed by atoms with Crippen LogP contribution in [-0.2, 0) is 16.6 Å². The number of benzene rings is 2. The van der Waals surface area contributed by atoms with Gasteiger partial charge < -0.3 is 14.6 Å². The number of hydrogen-bond donors (Lipinski definition) is 1. The van der Waals surface area contributed by atoms with Crippen LogP contribution in [0.1, 0.15) is 23.7 Å². The molecule has 0 aliphatic heterocycles. The van der Waals surface area contributed by atoms with Crippen molar-refractivity contribution >= 4 is 32.5 Å². The van der Waals surface area contributed by atoms with Crippen molar-refractivity contribution in [2.75, 3.05) is 26.5 Å². The number of hydrogen-bond acceptors (Lipinski definition) is 4. The van der Waals surface area contributed by atoms with E-state index in [-0.39, 0.29) is 16.2 Å². The van der Waals surface area contributed by atoms with Crippen molar-refractivity contribution in [1.82, 2.24) is 8.87 Å². The van der Waals surface area contributed by atoms with Crippen LogP contribution in [0.4, 0.5) is 5.69 Å². The molecule has 7 nitrogen and oxygen atoms in total. The van der Waals surface area contributed by atoms with Gasteiger partial charge in [0.15, 0.2) is 0 Å². The van der Waals surface area contributed by atoms with Crippen LogP contribution in [0, 0.1) is 0 Å². The van der Waals surface area contributed by atoms with Crippen molar-refractivity contribution < 1.29 is 17.9 Å². The Labute approximate surface area is 170 Å². The van der Waals surface area contributed by atoms with Crippen molar-refractivity contribution in [3.8, 4) is 5.75 Å². The summed E-state index contributed by atoms with van der Waals surface area (Å²) < 4.78 is 33.5. The molecule has 1 N–H and O–H groups in total. The first-order valence-electron chi connectivity index (χ1n) is 9.28. The van der Waals surface area contributed by atoms with Crippen LogP contribution in [0.25, 0.3) is 10.9 Å². The smallest absolute Gasteiger partial charge is 0.255 e. The van der Waals surface area contributed by atoms with Gasteiger partial charge in [0.2, 0.25) is 10.0 Å². The molecule has 8 heteroatoms. The molecule has 0 spiro atoms. The number of sulfonamides is 1. The standard InChI is InChI=1S/C21H25N3O4S/c1-5-11-24-12-10-15-13-17(7-8-18(15)24)22-21(25)16-6-9-19(28-4)20(14-16)29(26,27)23(2)3/h6-10,12-14H,5,11H2,1-4H3,(H,22,25). The third-order valence-corrected chi connectivity index (χ3v) is 6.51. The number of rotatable bonds is 7. The third kappa shape index (κ3) is 4.13. The highest BCUT2D eigenvalue weighted by Crippen LogP contribution is 2.27. The second-order valence-electron chi connectivity index (χ2n) is 6.89. The number of fused-ring (bicyclic) bond motifs is 1. The Hall–Kier alpha value is -2.84. The largest absolute Gasteiger partial charge is 0.495 e. The molecule has 3 aromatic rings. The molecular weight excluding hydrogens is 390 g/mol. The molecule has 0 aliphatic rings. The molecule has 29 heavy (non-hydrogen) atoms. The molecule has 0 fully saturated rings. The fourth-order valence-electron chi connectivity index (χ4n) is 3.13. The van der Waals surface area contributed by atoms with Crippen molar-refractivity contribution in [3.05, 3.63) is 54.2 Å². The zero-order valence-corrected chi connectivity index (χ0v) is 17.8. The van der Waals surface area contributed by atoms with Crippen molar-refractivity contribution in [1.29, 1.82) is 0 Å². The molecule has 154 valence electrons. The topological polar surface area (TPSA) is 80.6 Å². The van der Waals surface area contributed by atoms with E-state index in [1.165, 1.54) is 33.3 Å². The monoisotopic (exact) mass is 415 g/mol. The molecule has 0 saturated carbocycles. The van der Waals surface area contributed by atoms with E-state index in [1.807, 2.05) is 30.5 Å². The first kappa shape index (κ1) is 20.9. The lowest BCUT2D eigenvalue weighted by Crippen LogP contribution is -2.23. The second kappa shape index (κ2) is 8.26. The summed E-state index contributed by atoms with van der Waals surface area (Å²) in [7, 11) is 0.502. The maximum absolute atomic E-state index is 12.7. The van der Waals surface area contributed by atoms with Gasteiger partial charge in [-0.1, -0.05) is 6.92 Å². The van der Waals surface area contributed by atoms with Gasteiger partial charge in [0.05, 0.1) is 7.11 Å². The molecule has 0 aliphatic carbocycles. The quantitative estimate of drug-likeness (QED) is 0.640. The highest BCUT2D eigenvalue weighted by atomic mass is 32.2. The van der Waals surface area contributed by atoms with E-state index in [4.69, 9.17) is 4.74 Å². The fraction of sp³-hybridized carbons (Fsp3) is 0.286. The summed E-state index contributed by atoms with van der Waals surface area (Å²) in [6, 6.07) is 12.1. The maximum atomic E-state index is 12.7. The number of aryl methyl sites for hydroxylation is 1. The van der Waals surface area contributed by atoms with Crippen LogP contribution in [0.15, 0.2) is 53.6 Å². The minimum atomic E-state index is -3.75. The van der Waals surface area contributed by atoms with E-state index in [9.17, 15) is 13.2 Å². The molecule has 0 unspecified atom stereocenters. The van der Waals surface area contributed by atoms with Crippen LogP contribution in [0.3, 0.4) is 0 Å². The number of nitrogens with zero attached hydrogens (tertiary/aromatic N) is 2. The molecule has 1 amide bonds. The minimum Gasteiger partial charge on any atom is -0.495 e. The number of ether oxygens (including phenoxy) is 1. The Kier molecular flexibility index (Phi) is 5.95. The number of nitrogens with one attached hydrogen (secondary N) is 1. The number of anilines is 1. The molecule has 0 radical (unpaired) electrons. The molecule has 0 saturated heterocycles. The summed E-state index contributed by atoms with van der Waals surface area (Å²) in [5, 5.41) is 3.87. The lowest BCUT2D eigenvalue weighted by atomic mass is 10.2. The van der Waals surface area contributed by atoms with E-state index in [0.29, 0.717) is 5.69 Å². The first-order chi connectivity index (χ1) is 13.8. The molecule has 2 aromatic carbocycles. The summed E-state index contributed by atoms with van der Waals surface area (Å²) in [4.78, 5) is 12.7. The average molecular weight is 416 g/mol. The summed E-state index contributed by atoms with van der Waals surface area (Å²) in [5.41, 5.74) is 1.98. The van der Waals surface area contributed by atoms with Crippen LogP contribution < -0.4 is 10.1 Å². The SMILES string of the molecule is CCCn1ccc2cc(NC(=O)c3ccc(OC)c(S(=O)(=O)N(C)C)c3)ccc21. The molecule has 3 rings (SSSR count). The van der Waals surface area contributed by atoms with Gasteiger partial charge in [0.1, 0.15) is 10.6 Å². The summed E-state index contributed by atoms with van der Waals surface area (Å²) in [6.45, 7) is 3.06. The third-order valence-electron chi connectivity index (χ3n) is 4.68. The van der Waals surface area contributed by atoms with Gasteiger partial charge in [0.25, 0.3) is 5.91 Å². The summed E-state index contributed by atoms with van der Waals surface area (Å²) in [5.74, 6) is -0.205. The van der Waals surface area contributed by atoms with Gasteiger partial charge in [-0.05, 0) is 48.9 Å². The van der Waals surface area contributed by atoms with E-state index in [0.717, 1.165) is 28.2 Å². The predicted octanol–water partition coefficient (Wildman–Crippen LogP) is 3.56. The lowest BCUT2D eigenvalue weighted by Gasteiger charge is -2.15. The summed E-state index contributed by atoms with van der Waals surface area (Å²) in [6.07, 6.45) is 3.07. The lowest BCUT2D eigenvalue weighted by molar-refractivity contribution is 0.102. The van der Waals surface area contributed by atoms with Crippen molar-refractivity contribution in [3.63, 3.8) is 0 Å². The molecule has 0 bridgehead atoms. The normalized spacial score (nSPS) is 11.8. The Morgan fingerprint density at radius 1 is 1.14 bits per heavy atom. The van der Waals surface area contributed by atoms with Gasteiger partial charge in [-0.3, -0.25) is 4.79 Å². The number of methoxy groups -OCH3 is 1. The number of aromatic nitrogens is 1. The maximum Gasteiger partial charge on any atom is 0.255 e. The molecule has 1 aromatic heterocycles. The number of carbonyl (C=O) groups is 1. The Bertz CT molecular complexity index is 1150. The van der Waals surface area contributed by atoms with Crippen molar-refractivity contribution in [2.45, 2.75) is 24.8 Å². The van der Waals surface area contributed by atoms with Crippen LogP contribution >= 0.6 is 0 Å². The highest BCUT2D eigenvalue weighted by molar-refractivity contribution is 7.89. The Balaban J connectivity index is 1.90. The van der Waals surface area contributed by atoms with E-state index in [2.05, 4.69) is 16.8 Å². The van der Waals surface area contributed by atoms with Crippen LogP contribution in [0.2, 0.25) is 0 Å². The fourth-order valence-corrected chi connectivity index (χ4v) is 4.21. The molecule has 1 heterocycles. The van der Waals surface area contributed by atoms with Crippen LogP contribution in [-0.4, -0.2) is 44.4 Å². The van der Waals surface area contributed by atoms with Gasteiger partial charge in [-0.2, -0.15) is 0 Å². The first-order valence-corrected chi connectivity index (χ1v) is 10.7. The second-order valence-corrected chi connectivity index (χ2v) is 9.01. The molecule has 0 atom stereocenters. The summed E-state index contributed by atoms with van der Waals surface area (Å²) >= 11 is 0. The van der Waals surface area contributed by atoms with Gasteiger partial charge in [-0.15, -0.1) is 0 Å². The van der Waals surface area contributed by atoms with Gasteiger partial charge in [-0.25, -0.2) is 12.7 Å². The van der Waals surface area contributed by atoms with E-state index < -0.39 is 15.9 Å². The number of carbonyl (C=O) groups excluding carboxylic acids is 1. The van der Waals surface area contributed by atoms with Gasteiger partial charge >= 0.3 is 0 Å². The molecular formula is C21H25N3O4S.